The molecule has 0 atom stereocenters. The third-order valence-corrected chi connectivity index (χ3v) is 3.35. The van der Waals surface area contributed by atoms with Crippen molar-refractivity contribution in [2.24, 2.45) is 0 Å². The van der Waals surface area contributed by atoms with Crippen molar-refractivity contribution in [1.29, 1.82) is 0 Å². The van der Waals surface area contributed by atoms with Crippen LogP contribution in [0.1, 0.15) is 10.6 Å². The highest BCUT2D eigenvalue weighted by Gasteiger charge is 2.20. The molecule has 4 rings (SSSR count). The van der Waals surface area contributed by atoms with Gasteiger partial charge in [-0.1, -0.05) is 6.07 Å². The predicted molar refractivity (Wildman–Crippen MR) is 76.7 cm³/mol. The highest BCUT2D eigenvalue weighted by Crippen LogP contribution is 2.39. The maximum Gasteiger partial charge on any atom is 0.291 e. The summed E-state index contributed by atoms with van der Waals surface area (Å²) in [5.41, 5.74) is 0.941. The Morgan fingerprint density at radius 2 is 2.05 bits per heavy atom. The summed E-state index contributed by atoms with van der Waals surface area (Å²) < 4.78 is 29.2. The Bertz CT molecular complexity index is 887. The van der Waals surface area contributed by atoms with E-state index in [0.29, 0.717) is 28.2 Å². The normalized spacial score (nSPS) is 12.6. The Balaban J connectivity index is 1.65. The molecule has 0 saturated carbocycles. The van der Waals surface area contributed by atoms with Gasteiger partial charge in [0.05, 0.1) is 5.69 Å². The van der Waals surface area contributed by atoms with Crippen molar-refractivity contribution in [3.63, 3.8) is 0 Å². The van der Waals surface area contributed by atoms with E-state index in [1.165, 1.54) is 24.3 Å². The number of benzene rings is 2. The first-order chi connectivity index (χ1) is 10.7. The van der Waals surface area contributed by atoms with Crippen LogP contribution in [-0.2, 0) is 0 Å². The van der Waals surface area contributed by atoms with Gasteiger partial charge >= 0.3 is 0 Å². The van der Waals surface area contributed by atoms with Gasteiger partial charge < -0.3 is 19.2 Å². The van der Waals surface area contributed by atoms with E-state index in [4.69, 9.17) is 13.9 Å². The molecule has 0 radical (unpaired) electrons. The monoisotopic (exact) mass is 299 g/mol. The fourth-order valence-electron chi connectivity index (χ4n) is 2.34. The van der Waals surface area contributed by atoms with Crippen LogP contribution in [0.4, 0.5) is 10.1 Å². The molecule has 0 unspecified atom stereocenters. The lowest BCUT2D eigenvalue weighted by Crippen LogP contribution is -2.11. The van der Waals surface area contributed by atoms with Crippen LogP contribution in [-0.4, -0.2) is 12.7 Å². The van der Waals surface area contributed by atoms with Crippen molar-refractivity contribution < 1.29 is 23.1 Å². The summed E-state index contributed by atoms with van der Waals surface area (Å²) in [6, 6.07) is 10.8. The maximum absolute atomic E-state index is 13.2. The van der Waals surface area contributed by atoms with E-state index in [1.54, 1.807) is 18.2 Å². The zero-order valence-electron chi connectivity index (χ0n) is 11.3. The molecule has 2 heterocycles. The van der Waals surface area contributed by atoms with Crippen LogP contribution in [0.2, 0.25) is 0 Å². The van der Waals surface area contributed by atoms with Gasteiger partial charge in [0.25, 0.3) is 5.91 Å². The van der Waals surface area contributed by atoms with Gasteiger partial charge in [-0.15, -0.1) is 0 Å². The van der Waals surface area contributed by atoms with E-state index in [9.17, 15) is 9.18 Å². The summed E-state index contributed by atoms with van der Waals surface area (Å²) in [7, 11) is 0. The zero-order chi connectivity index (χ0) is 15.1. The second kappa shape index (κ2) is 4.77. The number of hydrogen-bond donors (Lipinski definition) is 1. The van der Waals surface area contributed by atoms with Crippen LogP contribution in [0, 0.1) is 5.82 Å². The number of carbonyl (C=O) groups excluding carboxylic acids is 1. The number of hydrogen-bond acceptors (Lipinski definition) is 4. The van der Waals surface area contributed by atoms with Crippen LogP contribution in [0.25, 0.3) is 11.0 Å². The van der Waals surface area contributed by atoms with Crippen LogP contribution >= 0.6 is 0 Å². The summed E-state index contributed by atoms with van der Waals surface area (Å²) >= 11 is 0. The van der Waals surface area contributed by atoms with Crippen LogP contribution < -0.4 is 14.8 Å². The van der Waals surface area contributed by atoms with E-state index in [2.05, 4.69) is 5.32 Å². The topological polar surface area (TPSA) is 60.7 Å². The molecule has 0 aliphatic carbocycles. The molecule has 110 valence electrons. The molecule has 1 aromatic heterocycles. The van der Waals surface area contributed by atoms with E-state index in [1.807, 2.05) is 0 Å². The second-order valence-electron chi connectivity index (χ2n) is 4.79. The van der Waals surface area contributed by atoms with Gasteiger partial charge in [0.15, 0.2) is 17.3 Å². The Labute approximate surface area is 124 Å². The van der Waals surface area contributed by atoms with Crippen LogP contribution in [0.5, 0.6) is 11.5 Å². The van der Waals surface area contributed by atoms with Crippen LogP contribution in [0.3, 0.4) is 0 Å². The minimum Gasteiger partial charge on any atom is -0.454 e. The summed E-state index contributed by atoms with van der Waals surface area (Å²) in [6.45, 7) is 0.117. The lowest BCUT2D eigenvalue weighted by Gasteiger charge is -2.06. The van der Waals surface area contributed by atoms with E-state index in [-0.39, 0.29) is 18.4 Å². The number of amides is 1. The minimum absolute atomic E-state index is 0.0946. The molecule has 1 N–H and O–H groups in total. The second-order valence-corrected chi connectivity index (χ2v) is 4.79. The summed E-state index contributed by atoms with van der Waals surface area (Å²) in [6.07, 6.45) is 0. The summed E-state index contributed by atoms with van der Waals surface area (Å²) in [4.78, 5) is 12.3. The number of rotatable bonds is 2. The molecule has 5 nitrogen and oxygen atoms in total. The molecular weight excluding hydrogens is 289 g/mol. The van der Waals surface area contributed by atoms with Gasteiger partial charge in [-0.05, 0) is 36.4 Å². The Hall–Kier alpha value is -3.02. The number of anilines is 1. The summed E-state index contributed by atoms with van der Waals surface area (Å²) in [5, 5.41) is 3.23. The molecule has 0 spiro atoms. The molecular formula is C16H10FNO4. The third-order valence-electron chi connectivity index (χ3n) is 3.35. The lowest BCUT2D eigenvalue weighted by molar-refractivity contribution is 0.0998. The van der Waals surface area contributed by atoms with Gasteiger partial charge in [0.1, 0.15) is 11.4 Å². The van der Waals surface area contributed by atoms with Gasteiger partial charge in [0, 0.05) is 5.39 Å². The zero-order valence-corrected chi connectivity index (χ0v) is 11.3. The first-order valence-electron chi connectivity index (χ1n) is 6.60. The lowest BCUT2D eigenvalue weighted by atomic mass is 10.2. The largest absolute Gasteiger partial charge is 0.454 e. The standard InChI is InChI=1S/C16H10FNO4/c17-10-4-5-12-9(6-10)7-14(22-12)16(19)18-11-2-1-3-13-15(11)21-8-20-13/h1-7H,8H2,(H,18,19). The van der Waals surface area contributed by atoms with Gasteiger partial charge in [-0.25, -0.2) is 4.39 Å². The number of ether oxygens (including phenoxy) is 2. The summed E-state index contributed by atoms with van der Waals surface area (Å²) in [5.74, 6) is 0.326. The van der Waals surface area contributed by atoms with E-state index in [0.717, 1.165) is 0 Å². The fraction of sp³-hybridized carbons (Fsp3) is 0.0625. The van der Waals surface area contributed by atoms with Crippen molar-refractivity contribution in [2.45, 2.75) is 0 Å². The van der Waals surface area contributed by atoms with E-state index >= 15 is 0 Å². The first-order valence-corrected chi connectivity index (χ1v) is 6.60. The van der Waals surface area contributed by atoms with Gasteiger partial charge in [-0.3, -0.25) is 4.79 Å². The number of furan rings is 1. The fourth-order valence-corrected chi connectivity index (χ4v) is 2.34. The van der Waals surface area contributed by atoms with Gasteiger partial charge in [0.2, 0.25) is 6.79 Å². The van der Waals surface area contributed by atoms with Crippen molar-refractivity contribution in [2.75, 3.05) is 12.1 Å². The van der Waals surface area contributed by atoms with Crippen molar-refractivity contribution >= 4 is 22.6 Å². The molecule has 0 fully saturated rings. The van der Waals surface area contributed by atoms with Crippen molar-refractivity contribution in [1.82, 2.24) is 0 Å². The smallest absolute Gasteiger partial charge is 0.291 e. The molecule has 1 aliphatic heterocycles. The third kappa shape index (κ3) is 2.05. The molecule has 1 aliphatic rings. The number of para-hydroxylation sites is 1. The number of halogens is 1. The Kier molecular flexibility index (Phi) is 2.75. The molecule has 0 bridgehead atoms. The molecule has 6 heteroatoms. The first kappa shape index (κ1) is 12.7. The molecule has 0 saturated heterocycles. The number of carbonyl (C=O) groups is 1. The Morgan fingerprint density at radius 1 is 1.14 bits per heavy atom. The SMILES string of the molecule is O=C(Nc1cccc2c1OCO2)c1cc2cc(F)ccc2o1. The van der Waals surface area contributed by atoms with Crippen molar-refractivity contribution in [3.8, 4) is 11.5 Å². The van der Waals surface area contributed by atoms with Crippen LogP contribution in [0.15, 0.2) is 46.9 Å². The van der Waals surface area contributed by atoms with E-state index < -0.39 is 5.91 Å². The minimum atomic E-state index is -0.444. The van der Waals surface area contributed by atoms with Crippen molar-refractivity contribution in [3.05, 3.63) is 54.0 Å². The average Bonchev–Trinajstić information content (AvgIpc) is 3.13. The highest BCUT2D eigenvalue weighted by atomic mass is 19.1. The molecule has 3 aromatic rings. The van der Waals surface area contributed by atoms with Gasteiger partial charge in [-0.2, -0.15) is 0 Å². The molecule has 2 aromatic carbocycles. The number of fused-ring (bicyclic) bond motifs is 2. The average molecular weight is 299 g/mol. The Morgan fingerprint density at radius 3 is 2.95 bits per heavy atom. The highest BCUT2D eigenvalue weighted by molar-refractivity contribution is 6.05. The maximum atomic E-state index is 13.2. The molecule has 1 amide bonds. The number of nitrogens with one attached hydrogen (secondary N) is 1. The quantitative estimate of drug-likeness (QED) is 0.786. The predicted octanol–water partition coefficient (Wildman–Crippen LogP) is 3.55. The molecule has 22 heavy (non-hydrogen) atoms.